The minimum absolute atomic E-state index is 1.14. The third-order valence-corrected chi connectivity index (χ3v) is 4.62. The van der Waals surface area contributed by atoms with E-state index >= 15 is 0 Å². The molecule has 0 atom stereocenters. The molecule has 0 aliphatic heterocycles. The molecule has 0 amide bonds. The number of hydrogen-bond donors (Lipinski definition) is 0. The fourth-order valence-electron chi connectivity index (χ4n) is 3.43. The summed E-state index contributed by atoms with van der Waals surface area (Å²) in [7, 11) is 2.15. The van der Waals surface area contributed by atoms with Gasteiger partial charge in [-0.15, -0.1) is 0 Å². The Morgan fingerprint density at radius 3 is 1.97 bits per heavy atom. The van der Waals surface area contributed by atoms with Crippen molar-refractivity contribution in [3.8, 4) is 0 Å². The quantitative estimate of drug-likeness (QED) is 0.435. The molecule has 0 fully saturated rings. The minimum Gasteiger partial charge on any atom is -0.343 e. The Bertz CT molecular complexity index is 877. The molecule has 0 saturated carbocycles. The van der Waals surface area contributed by atoms with Gasteiger partial charge in [0.25, 0.3) is 0 Å². The summed E-state index contributed by atoms with van der Waals surface area (Å²) in [6, 6.07) is 12.8. The third kappa shape index (κ3) is 6.62. The molecule has 2 aromatic carbocycles. The molecule has 2 aromatic rings. The van der Waals surface area contributed by atoms with Crippen LogP contribution in [0.25, 0.3) is 17.8 Å². The molecule has 30 heavy (non-hydrogen) atoms. The lowest BCUT2D eigenvalue weighted by molar-refractivity contribution is 1.15. The topological polar surface area (TPSA) is 3.24 Å². The first-order valence-corrected chi connectivity index (χ1v) is 10.9. The molecule has 0 N–H and O–H groups in total. The highest BCUT2D eigenvalue weighted by Gasteiger charge is 2.18. The van der Waals surface area contributed by atoms with E-state index in [1.54, 1.807) is 0 Å². The van der Waals surface area contributed by atoms with Crippen molar-refractivity contribution >= 4 is 23.5 Å². The van der Waals surface area contributed by atoms with Crippen LogP contribution in [-0.2, 0) is 0 Å². The molecular weight excluding hydrogens is 362 g/mol. The normalized spacial score (nSPS) is 9.63. The molecule has 0 spiro atoms. The molecule has 0 heterocycles. The standard InChI is InChI=1S/C25H29N.2C2H6/c1-8-10-14-22-19(5)16-17-20(6)25(22)26(7)24(18(3)4)23-15-12-11-13-21(23)9-2;2*1-2/h8-17H,1-2H2,3-7H3;2*1-2H3/b14-10-;;. The van der Waals surface area contributed by atoms with Crippen LogP contribution in [-0.4, -0.2) is 7.05 Å². The fourth-order valence-corrected chi connectivity index (χ4v) is 3.43. The van der Waals surface area contributed by atoms with E-state index in [0.717, 1.165) is 5.56 Å². The van der Waals surface area contributed by atoms with E-state index in [9.17, 15) is 0 Å². The van der Waals surface area contributed by atoms with Crippen molar-refractivity contribution in [2.45, 2.75) is 55.4 Å². The highest BCUT2D eigenvalue weighted by Crippen LogP contribution is 2.36. The zero-order valence-electron chi connectivity index (χ0n) is 20.6. The first kappa shape index (κ1) is 27.2. The number of benzene rings is 2. The van der Waals surface area contributed by atoms with Crippen LogP contribution >= 0.6 is 0 Å². The Morgan fingerprint density at radius 2 is 1.43 bits per heavy atom. The Kier molecular flexibility index (Phi) is 12.9. The summed E-state index contributed by atoms with van der Waals surface area (Å²) in [4.78, 5) is 2.31. The molecule has 0 saturated heterocycles. The van der Waals surface area contributed by atoms with Crippen molar-refractivity contribution in [1.29, 1.82) is 0 Å². The molecule has 2 rings (SSSR count). The second kappa shape index (κ2) is 14.2. The maximum Gasteiger partial charge on any atom is 0.0514 e. The summed E-state index contributed by atoms with van der Waals surface area (Å²) >= 11 is 0. The molecule has 162 valence electrons. The number of aryl methyl sites for hydroxylation is 2. The lowest BCUT2D eigenvalue weighted by Gasteiger charge is -2.29. The maximum atomic E-state index is 3.99. The largest absolute Gasteiger partial charge is 0.343 e. The molecule has 0 aliphatic rings. The van der Waals surface area contributed by atoms with Gasteiger partial charge in [-0.3, -0.25) is 0 Å². The Labute approximate surface area is 186 Å². The first-order chi connectivity index (χ1) is 14.4. The SMILES string of the molecule is C=C/C=C\c1c(C)ccc(C)c1N(C)C(=C(C)C)c1ccccc1C=C.CC.CC. The van der Waals surface area contributed by atoms with Gasteiger partial charge in [-0.2, -0.15) is 0 Å². The van der Waals surface area contributed by atoms with Gasteiger partial charge in [0.2, 0.25) is 0 Å². The third-order valence-electron chi connectivity index (χ3n) is 4.62. The van der Waals surface area contributed by atoms with Gasteiger partial charge in [0.1, 0.15) is 0 Å². The van der Waals surface area contributed by atoms with Crippen LogP contribution in [0.2, 0.25) is 0 Å². The van der Waals surface area contributed by atoms with Gasteiger partial charge in [-0.05, 0) is 44.4 Å². The maximum absolute atomic E-state index is 3.99. The monoisotopic (exact) mass is 403 g/mol. The van der Waals surface area contributed by atoms with E-state index in [1.165, 1.54) is 39.2 Å². The van der Waals surface area contributed by atoms with Crippen LogP contribution in [0.3, 0.4) is 0 Å². The van der Waals surface area contributed by atoms with Crippen molar-refractivity contribution in [1.82, 2.24) is 0 Å². The van der Waals surface area contributed by atoms with E-state index < -0.39 is 0 Å². The van der Waals surface area contributed by atoms with Gasteiger partial charge in [-0.25, -0.2) is 0 Å². The molecule has 0 aliphatic carbocycles. The van der Waals surface area contributed by atoms with Gasteiger partial charge in [0, 0.05) is 23.9 Å². The first-order valence-electron chi connectivity index (χ1n) is 10.9. The molecule has 0 bridgehead atoms. The predicted molar refractivity (Wildman–Crippen MR) is 141 cm³/mol. The lowest BCUT2D eigenvalue weighted by atomic mass is 9.96. The van der Waals surface area contributed by atoms with Gasteiger partial charge in [0.05, 0.1) is 5.69 Å². The molecule has 0 aromatic heterocycles. The van der Waals surface area contributed by atoms with E-state index in [1.807, 2.05) is 45.9 Å². The average Bonchev–Trinajstić information content (AvgIpc) is 2.77. The van der Waals surface area contributed by atoms with Crippen molar-refractivity contribution in [3.05, 3.63) is 95.1 Å². The average molecular weight is 404 g/mol. The summed E-state index contributed by atoms with van der Waals surface area (Å²) in [6.07, 6.45) is 7.89. The summed E-state index contributed by atoms with van der Waals surface area (Å²) < 4.78 is 0. The molecule has 0 unspecified atom stereocenters. The Morgan fingerprint density at radius 1 is 0.867 bits per heavy atom. The number of nitrogens with zero attached hydrogens (tertiary/aromatic N) is 1. The second-order valence-corrected chi connectivity index (χ2v) is 6.76. The van der Waals surface area contributed by atoms with Crippen LogP contribution in [0.15, 0.2) is 67.3 Å². The van der Waals surface area contributed by atoms with Gasteiger partial charge < -0.3 is 4.90 Å². The number of anilines is 1. The number of hydrogen-bond acceptors (Lipinski definition) is 1. The van der Waals surface area contributed by atoms with E-state index in [0.29, 0.717) is 0 Å². The Hall–Kier alpha value is -2.80. The van der Waals surface area contributed by atoms with Crippen LogP contribution < -0.4 is 4.90 Å². The minimum atomic E-state index is 1.14. The summed E-state index contributed by atoms with van der Waals surface area (Å²) in [5.74, 6) is 0. The molecular formula is C29H41N. The van der Waals surface area contributed by atoms with Gasteiger partial charge in [0.15, 0.2) is 0 Å². The Balaban J connectivity index is 0.00000198. The van der Waals surface area contributed by atoms with Crippen molar-refractivity contribution in [2.24, 2.45) is 0 Å². The van der Waals surface area contributed by atoms with Gasteiger partial charge in [-0.1, -0.05) is 107 Å². The number of allylic oxidation sites excluding steroid dienone is 3. The molecule has 1 nitrogen and oxygen atoms in total. The predicted octanol–water partition coefficient (Wildman–Crippen LogP) is 9.09. The zero-order valence-corrected chi connectivity index (χ0v) is 20.6. The van der Waals surface area contributed by atoms with E-state index in [2.05, 4.69) is 95.3 Å². The zero-order chi connectivity index (χ0) is 23.3. The van der Waals surface area contributed by atoms with Crippen molar-refractivity contribution < 1.29 is 0 Å². The highest BCUT2D eigenvalue weighted by molar-refractivity contribution is 5.89. The van der Waals surface area contributed by atoms with Crippen molar-refractivity contribution in [2.75, 3.05) is 11.9 Å². The summed E-state index contributed by atoms with van der Waals surface area (Å²) in [6.45, 7) is 24.4. The lowest BCUT2D eigenvalue weighted by Crippen LogP contribution is -2.20. The van der Waals surface area contributed by atoms with Crippen LogP contribution in [0.1, 0.15) is 69.4 Å². The molecule has 0 radical (unpaired) electrons. The number of rotatable bonds is 6. The highest BCUT2D eigenvalue weighted by atomic mass is 15.1. The summed E-state index contributed by atoms with van der Waals surface area (Å²) in [5, 5.41) is 0. The van der Waals surface area contributed by atoms with E-state index in [4.69, 9.17) is 0 Å². The fraction of sp³-hybridized carbons (Fsp3) is 0.310. The van der Waals surface area contributed by atoms with Crippen LogP contribution in [0.5, 0.6) is 0 Å². The molecule has 1 heteroatoms. The smallest absolute Gasteiger partial charge is 0.0514 e. The summed E-state index contributed by atoms with van der Waals surface area (Å²) in [5.41, 5.74) is 9.76. The van der Waals surface area contributed by atoms with E-state index in [-0.39, 0.29) is 0 Å². The van der Waals surface area contributed by atoms with Gasteiger partial charge >= 0.3 is 0 Å². The van der Waals surface area contributed by atoms with Crippen LogP contribution in [0.4, 0.5) is 5.69 Å². The second-order valence-electron chi connectivity index (χ2n) is 6.76. The van der Waals surface area contributed by atoms with Crippen LogP contribution in [0, 0.1) is 13.8 Å². The van der Waals surface area contributed by atoms with Crippen molar-refractivity contribution in [3.63, 3.8) is 0 Å².